The summed E-state index contributed by atoms with van der Waals surface area (Å²) in [7, 11) is 0. The van der Waals surface area contributed by atoms with Crippen molar-refractivity contribution in [1.29, 1.82) is 0 Å². The van der Waals surface area contributed by atoms with Crippen LogP contribution >= 0.6 is 11.5 Å². The number of hydrogen-bond acceptors (Lipinski definition) is 6. The van der Waals surface area contributed by atoms with Gasteiger partial charge in [0.15, 0.2) is 0 Å². The molecule has 0 saturated carbocycles. The molecule has 0 unspecified atom stereocenters. The van der Waals surface area contributed by atoms with Crippen molar-refractivity contribution in [2.45, 2.75) is 19.9 Å². The second kappa shape index (κ2) is 5.69. The van der Waals surface area contributed by atoms with Gasteiger partial charge in [0.2, 0.25) is 5.13 Å². The maximum absolute atomic E-state index is 11.6. The molecule has 1 N–H and O–H groups in total. The summed E-state index contributed by atoms with van der Waals surface area (Å²) in [5.41, 5.74) is 1.94. The number of carbonyl (C=O) groups is 1. The van der Waals surface area contributed by atoms with Crippen LogP contribution in [0.4, 0.5) is 15.6 Å². The monoisotopic (exact) mass is 304 g/mol. The number of rotatable bonds is 4. The van der Waals surface area contributed by atoms with Crippen LogP contribution in [0, 0.1) is 6.92 Å². The summed E-state index contributed by atoms with van der Waals surface area (Å²) >= 11 is 1.35. The average Bonchev–Trinajstić information content (AvgIpc) is 3.07. The molecule has 7 heteroatoms. The highest BCUT2D eigenvalue weighted by Gasteiger charge is 2.23. The fourth-order valence-corrected chi connectivity index (χ4v) is 2.88. The molecule has 1 saturated heterocycles. The van der Waals surface area contributed by atoms with Gasteiger partial charge >= 0.3 is 6.09 Å². The first kappa shape index (κ1) is 13.8. The summed E-state index contributed by atoms with van der Waals surface area (Å²) in [6.07, 6.45) is -0.285. The van der Waals surface area contributed by atoms with Gasteiger partial charge in [0.05, 0.1) is 12.6 Å². The highest BCUT2D eigenvalue weighted by Crippen LogP contribution is 2.25. The highest BCUT2D eigenvalue weighted by atomic mass is 32.1. The van der Waals surface area contributed by atoms with Gasteiger partial charge in [0, 0.05) is 17.2 Å². The largest absolute Gasteiger partial charge is 0.447 e. The van der Waals surface area contributed by atoms with E-state index in [1.165, 1.54) is 11.5 Å². The van der Waals surface area contributed by atoms with Crippen LogP contribution in [0.3, 0.4) is 0 Å². The number of cyclic esters (lactones) is 1. The van der Waals surface area contributed by atoms with Crippen LogP contribution in [-0.4, -0.2) is 28.6 Å². The lowest BCUT2D eigenvalue weighted by Gasteiger charge is -2.17. The van der Waals surface area contributed by atoms with Crippen LogP contribution in [0.5, 0.6) is 0 Å². The predicted molar refractivity (Wildman–Crippen MR) is 81.8 cm³/mol. The van der Waals surface area contributed by atoms with E-state index < -0.39 is 0 Å². The molecule has 1 atom stereocenters. The van der Waals surface area contributed by atoms with Crippen molar-refractivity contribution >= 4 is 28.4 Å². The van der Waals surface area contributed by atoms with Crippen LogP contribution in [0.25, 0.3) is 0 Å². The van der Waals surface area contributed by atoms with E-state index in [0.717, 1.165) is 22.2 Å². The second-order valence-electron chi connectivity index (χ2n) is 4.87. The molecule has 1 aliphatic heterocycles. The molecule has 2 heterocycles. The number of ether oxygens (including phenoxy) is 1. The van der Waals surface area contributed by atoms with E-state index in [4.69, 9.17) is 4.74 Å². The lowest BCUT2D eigenvalue weighted by Crippen LogP contribution is -2.23. The third-order valence-electron chi connectivity index (χ3n) is 3.31. The first-order valence-electron chi connectivity index (χ1n) is 6.74. The van der Waals surface area contributed by atoms with Crippen LogP contribution in [0.15, 0.2) is 24.3 Å². The fourth-order valence-electron chi connectivity index (χ4n) is 2.21. The summed E-state index contributed by atoms with van der Waals surface area (Å²) in [6.45, 7) is 4.96. The molecule has 3 rings (SSSR count). The lowest BCUT2D eigenvalue weighted by molar-refractivity contribution is 0.181. The molecular formula is C14H16N4O2S. The number of benzene rings is 1. The molecule has 0 aliphatic carbocycles. The average molecular weight is 304 g/mol. The molecule has 110 valence electrons. The van der Waals surface area contributed by atoms with Crippen LogP contribution in [0.2, 0.25) is 0 Å². The number of hydrogen-bond donors (Lipinski definition) is 1. The van der Waals surface area contributed by atoms with Crippen molar-refractivity contribution in [3.8, 4) is 0 Å². The predicted octanol–water partition coefficient (Wildman–Crippen LogP) is 2.98. The van der Waals surface area contributed by atoms with E-state index in [-0.39, 0.29) is 12.1 Å². The topological polar surface area (TPSA) is 67.3 Å². The smallest absolute Gasteiger partial charge is 0.414 e. The van der Waals surface area contributed by atoms with E-state index in [9.17, 15) is 4.79 Å². The van der Waals surface area contributed by atoms with Gasteiger partial charge in [0.25, 0.3) is 0 Å². The van der Waals surface area contributed by atoms with Gasteiger partial charge in [-0.3, -0.25) is 4.90 Å². The second-order valence-corrected chi connectivity index (χ2v) is 5.63. The molecule has 0 radical (unpaired) electrons. The fraction of sp³-hybridized carbons (Fsp3) is 0.357. The summed E-state index contributed by atoms with van der Waals surface area (Å²) in [6, 6.07) is 7.96. The Balaban J connectivity index is 1.77. The Labute approximate surface area is 126 Å². The number of carbonyl (C=O) groups excluding carboxylic acids is 1. The standard InChI is InChI=1S/C14H16N4O2S/c1-9(15-13-16-10(2)17-21-13)11-4-3-5-12(8-11)18-6-7-20-14(18)19/h3-5,8-9H,6-7H2,1-2H3,(H,15,16,17)/t9-/m1/s1. The van der Waals surface area contributed by atoms with Crippen LogP contribution in [0.1, 0.15) is 24.4 Å². The number of aromatic nitrogens is 2. The molecule has 0 bridgehead atoms. The Kier molecular flexibility index (Phi) is 3.74. The molecule has 6 nitrogen and oxygen atoms in total. The van der Waals surface area contributed by atoms with Gasteiger partial charge in [-0.25, -0.2) is 9.78 Å². The molecule has 1 aromatic carbocycles. The van der Waals surface area contributed by atoms with Gasteiger partial charge in [-0.15, -0.1) is 0 Å². The third kappa shape index (κ3) is 2.97. The molecule has 0 spiro atoms. The first-order chi connectivity index (χ1) is 10.1. The molecule has 21 heavy (non-hydrogen) atoms. The van der Waals surface area contributed by atoms with Crippen molar-refractivity contribution in [1.82, 2.24) is 9.36 Å². The summed E-state index contributed by atoms with van der Waals surface area (Å²) in [5.74, 6) is 0.767. The van der Waals surface area contributed by atoms with Crippen LogP contribution < -0.4 is 10.2 Å². The number of aryl methyl sites for hydroxylation is 1. The highest BCUT2D eigenvalue weighted by molar-refractivity contribution is 7.09. The van der Waals surface area contributed by atoms with Gasteiger partial charge in [-0.1, -0.05) is 12.1 Å². The summed E-state index contributed by atoms with van der Waals surface area (Å²) < 4.78 is 9.13. The van der Waals surface area contributed by atoms with E-state index in [2.05, 4.69) is 21.6 Å². The number of amides is 1. The van der Waals surface area contributed by atoms with E-state index in [0.29, 0.717) is 13.2 Å². The maximum Gasteiger partial charge on any atom is 0.414 e. The van der Waals surface area contributed by atoms with Gasteiger partial charge < -0.3 is 10.1 Å². The minimum atomic E-state index is -0.285. The Hall–Kier alpha value is -2.15. The summed E-state index contributed by atoms with van der Waals surface area (Å²) in [5, 5.41) is 4.12. The van der Waals surface area contributed by atoms with Gasteiger partial charge in [-0.05, 0) is 31.5 Å². The third-order valence-corrected chi connectivity index (χ3v) is 4.05. The van der Waals surface area contributed by atoms with Crippen molar-refractivity contribution in [2.75, 3.05) is 23.4 Å². The summed E-state index contributed by atoms with van der Waals surface area (Å²) in [4.78, 5) is 17.6. The molecule has 1 aromatic heterocycles. The molecule has 1 amide bonds. The quantitative estimate of drug-likeness (QED) is 0.940. The minimum Gasteiger partial charge on any atom is -0.447 e. The Morgan fingerprint density at radius 3 is 3.00 bits per heavy atom. The Bertz CT molecular complexity index is 658. The number of anilines is 2. The normalized spacial score (nSPS) is 15.9. The van der Waals surface area contributed by atoms with E-state index in [1.807, 2.05) is 31.2 Å². The minimum absolute atomic E-state index is 0.0796. The zero-order valence-corrected chi connectivity index (χ0v) is 12.7. The number of nitrogens with one attached hydrogen (secondary N) is 1. The lowest BCUT2D eigenvalue weighted by atomic mass is 10.1. The van der Waals surface area contributed by atoms with Crippen molar-refractivity contribution in [3.05, 3.63) is 35.7 Å². The molecular weight excluding hydrogens is 288 g/mol. The van der Waals surface area contributed by atoms with Crippen molar-refractivity contribution in [3.63, 3.8) is 0 Å². The molecule has 1 aliphatic rings. The first-order valence-corrected chi connectivity index (χ1v) is 7.52. The van der Waals surface area contributed by atoms with Gasteiger partial charge in [-0.2, -0.15) is 4.37 Å². The van der Waals surface area contributed by atoms with Crippen molar-refractivity contribution < 1.29 is 9.53 Å². The Morgan fingerprint density at radius 2 is 2.33 bits per heavy atom. The van der Waals surface area contributed by atoms with Crippen LogP contribution in [-0.2, 0) is 4.74 Å². The number of nitrogens with zero attached hydrogens (tertiary/aromatic N) is 3. The van der Waals surface area contributed by atoms with Crippen molar-refractivity contribution in [2.24, 2.45) is 0 Å². The Morgan fingerprint density at radius 1 is 1.48 bits per heavy atom. The van der Waals surface area contributed by atoms with Gasteiger partial charge in [0.1, 0.15) is 12.4 Å². The maximum atomic E-state index is 11.6. The van der Waals surface area contributed by atoms with E-state index in [1.54, 1.807) is 4.90 Å². The zero-order chi connectivity index (χ0) is 14.8. The SMILES string of the molecule is Cc1nsc(N[C@H](C)c2cccc(N3CCOC3=O)c2)n1. The molecule has 2 aromatic rings. The van der Waals surface area contributed by atoms with E-state index >= 15 is 0 Å². The zero-order valence-electron chi connectivity index (χ0n) is 11.9. The molecule has 1 fully saturated rings.